The van der Waals surface area contributed by atoms with Crippen molar-refractivity contribution in [2.45, 2.75) is 13.5 Å². The Hall–Kier alpha value is -2.75. The average Bonchev–Trinajstić information content (AvgIpc) is 2.55. The maximum atomic E-state index is 12.9. The van der Waals surface area contributed by atoms with Crippen molar-refractivity contribution in [2.24, 2.45) is 0 Å². The van der Waals surface area contributed by atoms with Crippen molar-refractivity contribution in [1.82, 2.24) is 9.97 Å². The SMILES string of the molecule is Cc1nc(NCc2ccc(F)cc2)cc(-c2ccccc2)n1. The second kappa shape index (κ2) is 6.35. The topological polar surface area (TPSA) is 37.8 Å². The van der Waals surface area contributed by atoms with Crippen LogP contribution in [0.5, 0.6) is 0 Å². The molecule has 0 saturated heterocycles. The first-order valence-corrected chi connectivity index (χ1v) is 7.10. The first-order chi connectivity index (χ1) is 10.7. The summed E-state index contributed by atoms with van der Waals surface area (Å²) in [5, 5.41) is 3.26. The fraction of sp³-hybridized carbons (Fsp3) is 0.111. The molecule has 2 aromatic carbocycles. The normalized spacial score (nSPS) is 10.5. The van der Waals surface area contributed by atoms with Gasteiger partial charge in [-0.1, -0.05) is 42.5 Å². The molecule has 0 bridgehead atoms. The second-order valence-electron chi connectivity index (χ2n) is 5.03. The lowest BCUT2D eigenvalue weighted by atomic mass is 10.1. The van der Waals surface area contributed by atoms with Gasteiger partial charge in [-0.05, 0) is 24.6 Å². The summed E-state index contributed by atoms with van der Waals surface area (Å²) in [4.78, 5) is 8.87. The Morgan fingerprint density at radius 2 is 1.68 bits per heavy atom. The lowest BCUT2D eigenvalue weighted by molar-refractivity contribution is 0.627. The van der Waals surface area contributed by atoms with E-state index in [1.165, 1.54) is 12.1 Å². The number of nitrogens with zero attached hydrogens (tertiary/aromatic N) is 2. The molecule has 3 aromatic rings. The van der Waals surface area contributed by atoms with Crippen LogP contribution in [0.3, 0.4) is 0 Å². The van der Waals surface area contributed by atoms with Gasteiger partial charge < -0.3 is 5.32 Å². The summed E-state index contributed by atoms with van der Waals surface area (Å²) in [6, 6.07) is 18.3. The van der Waals surface area contributed by atoms with Gasteiger partial charge in [0.2, 0.25) is 0 Å². The minimum Gasteiger partial charge on any atom is -0.366 e. The van der Waals surface area contributed by atoms with Gasteiger partial charge >= 0.3 is 0 Å². The van der Waals surface area contributed by atoms with Crippen LogP contribution in [-0.2, 0) is 6.54 Å². The van der Waals surface area contributed by atoms with E-state index in [1.54, 1.807) is 12.1 Å². The number of hydrogen-bond donors (Lipinski definition) is 1. The highest BCUT2D eigenvalue weighted by atomic mass is 19.1. The molecule has 3 rings (SSSR count). The van der Waals surface area contributed by atoms with Gasteiger partial charge in [-0.2, -0.15) is 0 Å². The zero-order chi connectivity index (χ0) is 15.4. The van der Waals surface area contributed by atoms with Crippen LogP contribution in [0.25, 0.3) is 11.3 Å². The lowest BCUT2D eigenvalue weighted by Crippen LogP contribution is -2.04. The second-order valence-corrected chi connectivity index (χ2v) is 5.03. The van der Waals surface area contributed by atoms with Crippen LogP contribution in [0.4, 0.5) is 10.2 Å². The zero-order valence-corrected chi connectivity index (χ0v) is 12.3. The van der Waals surface area contributed by atoms with Crippen molar-refractivity contribution in [3.63, 3.8) is 0 Å². The van der Waals surface area contributed by atoms with Crippen molar-refractivity contribution in [2.75, 3.05) is 5.32 Å². The Morgan fingerprint density at radius 3 is 2.41 bits per heavy atom. The quantitative estimate of drug-likeness (QED) is 0.783. The van der Waals surface area contributed by atoms with E-state index in [0.717, 1.165) is 22.6 Å². The smallest absolute Gasteiger partial charge is 0.130 e. The highest BCUT2D eigenvalue weighted by molar-refractivity contribution is 5.62. The van der Waals surface area contributed by atoms with Crippen molar-refractivity contribution >= 4 is 5.82 Å². The molecule has 0 unspecified atom stereocenters. The van der Waals surface area contributed by atoms with Crippen LogP contribution in [-0.4, -0.2) is 9.97 Å². The summed E-state index contributed by atoms with van der Waals surface area (Å²) in [5.41, 5.74) is 2.94. The van der Waals surface area contributed by atoms with Gasteiger partial charge in [-0.15, -0.1) is 0 Å². The fourth-order valence-corrected chi connectivity index (χ4v) is 2.21. The molecule has 110 valence electrons. The van der Waals surface area contributed by atoms with E-state index in [1.807, 2.05) is 43.3 Å². The highest BCUT2D eigenvalue weighted by Crippen LogP contribution is 2.19. The highest BCUT2D eigenvalue weighted by Gasteiger charge is 2.04. The third-order valence-corrected chi connectivity index (χ3v) is 3.29. The molecule has 0 fully saturated rings. The summed E-state index contributed by atoms with van der Waals surface area (Å²) in [6.07, 6.45) is 0. The van der Waals surface area contributed by atoms with Gasteiger partial charge in [0.15, 0.2) is 0 Å². The molecular formula is C18H16FN3. The molecule has 1 heterocycles. The Kier molecular flexibility index (Phi) is 4.10. The third-order valence-electron chi connectivity index (χ3n) is 3.29. The molecule has 0 radical (unpaired) electrons. The Labute approximate surface area is 128 Å². The standard InChI is InChI=1S/C18H16FN3/c1-13-21-17(15-5-3-2-4-6-15)11-18(22-13)20-12-14-7-9-16(19)10-8-14/h2-11H,12H2,1H3,(H,20,21,22). The van der Waals surface area contributed by atoms with Crippen LogP contribution in [0, 0.1) is 12.7 Å². The predicted molar refractivity (Wildman–Crippen MR) is 85.9 cm³/mol. The minimum absolute atomic E-state index is 0.229. The third kappa shape index (κ3) is 3.47. The zero-order valence-electron chi connectivity index (χ0n) is 12.3. The summed E-state index contributed by atoms with van der Waals surface area (Å²) in [7, 11) is 0. The van der Waals surface area contributed by atoms with E-state index in [0.29, 0.717) is 12.4 Å². The maximum absolute atomic E-state index is 12.9. The minimum atomic E-state index is -0.229. The van der Waals surface area contributed by atoms with Crippen LogP contribution < -0.4 is 5.32 Å². The average molecular weight is 293 g/mol. The van der Waals surface area contributed by atoms with Gasteiger partial charge in [0, 0.05) is 18.2 Å². The van der Waals surface area contributed by atoms with E-state index >= 15 is 0 Å². The van der Waals surface area contributed by atoms with Gasteiger partial charge in [0.1, 0.15) is 17.5 Å². The molecule has 3 nitrogen and oxygen atoms in total. The monoisotopic (exact) mass is 293 g/mol. The molecule has 0 aliphatic rings. The number of nitrogens with one attached hydrogen (secondary N) is 1. The van der Waals surface area contributed by atoms with E-state index in [2.05, 4.69) is 15.3 Å². The van der Waals surface area contributed by atoms with Crippen molar-refractivity contribution in [1.29, 1.82) is 0 Å². The fourth-order valence-electron chi connectivity index (χ4n) is 2.21. The van der Waals surface area contributed by atoms with Gasteiger partial charge in [0.25, 0.3) is 0 Å². The first kappa shape index (κ1) is 14.2. The molecule has 0 atom stereocenters. The molecule has 22 heavy (non-hydrogen) atoms. The van der Waals surface area contributed by atoms with Gasteiger partial charge in [0.05, 0.1) is 5.69 Å². The largest absolute Gasteiger partial charge is 0.366 e. The number of benzene rings is 2. The van der Waals surface area contributed by atoms with E-state index in [4.69, 9.17) is 0 Å². The number of aromatic nitrogens is 2. The summed E-state index contributed by atoms with van der Waals surface area (Å²) < 4.78 is 12.9. The molecule has 1 aromatic heterocycles. The number of hydrogen-bond acceptors (Lipinski definition) is 3. The van der Waals surface area contributed by atoms with Gasteiger partial charge in [-0.3, -0.25) is 0 Å². The lowest BCUT2D eigenvalue weighted by Gasteiger charge is -2.09. The van der Waals surface area contributed by atoms with Gasteiger partial charge in [-0.25, -0.2) is 14.4 Å². The van der Waals surface area contributed by atoms with E-state index in [9.17, 15) is 4.39 Å². The van der Waals surface area contributed by atoms with Crippen LogP contribution in [0.1, 0.15) is 11.4 Å². The summed E-state index contributed by atoms with van der Waals surface area (Å²) in [5.74, 6) is 1.24. The molecule has 0 amide bonds. The van der Waals surface area contributed by atoms with Crippen LogP contribution in [0.2, 0.25) is 0 Å². The molecule has 0 saturated carbocycles. The number of rotatable bonds is 4. The molecular weight excluding hydrogens is 277 g/mol. The van der Waals surface area contributed by atoms with E-state index in [-0.39, 0.29) is 5.82 Å². The Balaban J connectivity index is 1.79. The van der Waals surface area contributed by atoms with Crippen LogP contribution in [0.15, 0.2) is 60.7 Å². The first-order valence-electron chi connectivity index (χ1n) is 7.10. The molecule has 1 N–H and O–H groups in total. The summed E-state index contributed by atoms with van der Waals surface area (Å²) >= 11 is 0. The van der Waals surface area contributed by atoms with Crippen molar-refractivity contribution < 1.29 is 4.39 Å². The molecule has 0 aliphatic heterocycles. The molecule has 0 aliphatic carbocycles. The Morgan fingerprint density at radius 1 is 0.955 bits per heavy atom. The summed E-state index contributed by atoms with van der Waals surface area (Å²) in [6.45, 7) is 2.46. The maximum Gasteiger partial charge on any atom is 0.130 e. The van der Waals surface area contributed by atoms with E-state index < -0.39 is 0 Å². The predicted octanol–water partition coefficient (Wildman–Crippen LogP) is 4.20. The number of halogens is 1. The van der Waals surface area contributed by atoms with Crippen molar-refractivity contribution in [3.05, 3.63) is 77.9 Å². The molecule has 0 spiro atoms. The number of anilines is 1. The van der Waals surface area contributed by atoms with Crippen LogP contribution >= 0.6 is 0 Å². The Bertz CT molecular complexity index is 755. The molecule has 4 heteroatoms. The van der Waals surface area contributed by atoms with Crippen molar-refractivity contribution in [3.8, 4) is 11.3 Å². The number of aryl methyl sites for hydroxylation is 1.